The van der Waals surface area contributed by atoms with Crippen LogP contribution < -0.4 is 16.4 Å². The van der Waals surface area contributed by atoms with Crippen LogP contribution in [0.1, 0.15) is 43.7 Å². The molecule has 0 aromatic heterocycles. The normalized spacial score (nSPS) is 20.3. The summed E-state index contributed by atoms with van der Waals surface area (Å²) in [4.78, 5) is 27.7. The molecular weight excluding hydrogens is 519 g/mol. The van der Waals surface area contributed by atoms with Gasteiger partial charge in [0.15, 0.2) is 0 Å². The van der Waals surface area contributed by atoms with Gasteiger partial charge in [-0.15, -0.1) is 0 Å². The summed E-state index contributed by atoms with van der Waals surface area (Å²) in [5, 5.41) is 16.3. The number of hydrogen-bond acceptors (Lipinski definition) is 5. The molecule has 1 aliphatic heterocycles. The van der Waals surface area contributed by atoms with Gasteiger partial charge in [0.2, 0.25) is 11.8 Å². The lowest BCUT2D eigenvalue weighted by Gasteiger charge is -2.25. The zero-order chi connectivity index (χ0) is 28.2. The standard InChI is InChI=1S/C30H34ClFN4O3/c1-30(2,39)18-36-16-22(23(17-36)29(38)35-26-13-12-21(31)15-24(26)32)20-10-7-19(8-11-20)9-14-28(37)34-27-6-4-3-5-25(27)33/h3-11,14-15,22-23,39H,12-13,16-18,33H2,1-2H3,(H,34,37)(H,35,38)/b14-9+. The fourth-order valence-corrected chi connectivity index (χ4v) is 5.19. The average Bonchev–Trinajstić information content (AvgIpc) is 3.28. The summed E-state index contributed by atoms with van der Waals surface area (Å²) in [5.74, 6) is -1.65. The van der Waals surface area contributed by atoms with Crippen LogP contribution in [0, 0.1) is 5.92 Å². The Morgan fingerprint density at radius 2 is 1.85 bits per heavy atom. The molecular formula is C30H34ClFN4O3. The first-order valence-corrected chi connectivity index (χ1v) is 13.3. The van der Waals surface area contributed by atoms with E-state index in [4.69, 9.17) is 17.3 Å². The Hall–Kier alpha value is -3.46. The summed E-state index contributed by atoms with van der Waals surface area (Å²) in [6.07, 6.45) is 5.20. The van der Waals surface area contributed by atoms with Crippen LogP contribution >= 0.6 is 11.6 Å². The molecule has 4 rings (SSSR count). The van der Waals surface area contributed by atoms with Crippen LogP contribution in [-0.4, -0.2) is 47.1 Å². The Labute approximate surface area is 233 Å². The lowest BCUT2D eigenvalue weighted by Crippen LogP contribution is -2.39. The maximum atomic E-state index is 14.4. The van der Waals surface area contributed by atoms with E-state index in [2.05, 4.69) is 15.5 Å². The first-order chi connectivity index (χ1) is 18.5. The van der Waals surface area contributed by atoms with Gasteiger partial charge in [0.25, 0.3) is 0 Å². The van der Waals surface area contributed by atoms with E-state index in [1.807, 2.05) is 24.3 Å². The number of nitrogens with zero attached hydrogens (tertiary/aromatic N) is 1. The minimum atomic E-state index is -0.922. The van der Waals surface area contributed by atoms with Crippen molar-refractivity contribution < 1.29 is 19.1 Å². The number of allylic oxidation sites excluding steroid dienone is 4. The number of β-amino-alcohol motifs (C(OH)–C–C–N with tert-alkyl or cyclic N) is 1. The number of nitrogens with two attached hydrogens (primary N) is 1. The maximum absolute atomic E-state index is 14.4. The second-order valence-corrected chi connectivity index (χ2v) is 11.2. The number of aliphatic hydroxyl groups is 1. The molecule has 2 aromatic rings. The molecule has 1 saturated heterocycles. The molecule has 7 nitrogen and oxygen atoms in total. The summed E-state index contributed by atoms with van der Waals surface area (Å²) in [5.41, 5.74) is 8.01. The third kappa shape index (κ3) is 7.79. The third-order valence-corrected chi connectivity index (χ3v) is 7.11. The molecule has 2 amide bonds. The molecule has 1 fully saturated rings. The second kappa shape index (κ2) is 12.2. The van der Waals surface area contributed by atoms with Crippen LogP contribution in [0.3, 0.4) is 0 Å². The van der Waals surface area contributed by atoms with Gasteiger partial charge in [0, 0.05) is 36.7 Å². The number of benzene rings is 2. The topological polar surface area (TPSA) is 108 Å². The van der Waals surface area contributed by atoms with Crippen LogP contribution in [0.5, 0.6) is 0 Å². The molecule has 2 atom stereocenters. The first-order valence-electron chi connectivity index (χ1n) is 12.9. The van der Waals surface area contributed by atoms with Crippen molar-refractivity contribution >= 4 is 40.9 Å². The van der Waals surface area contributed by atoms with Gasteiger partial charge in [-0.05, 0) is 62.1 Å². The van der Waals surface area contributed by atoms with E-state index < -0.39 is 17.3 Å². The summed E-state index contributed by atoms with van der Waals surface area (Å²) in [6, 6.07) is 14.7. The molecule has 1 heterocycles. The van der Waals surface area contributed by atoms with E-state index in [0.29, 0.717) is 48.9 Å². The van der Waals surface area contributed by atoms with Gasteiger partial charge >= 0.3 is 0 Å². The Balaban J connectivity index is 1.47. The van der Waals surface area contributed by atoms with Crippen LogP contribution in [0.2, 0.25) is 0 Å². The van der Waals surface area contributed by atoms with Crippen LogP contribution in [-0.2, 0) is 9.59 Å². The number of carbonyl (C=O) groups excluding carboxylic acids is 2. The number of rotatable bonds is 8. The highest BCUT2D eigenvalue weighted by Gasteiger charge is 2.40. The minimum Gasteiger partial charge on any atom is -0.397 e. The summed E-state index contributed by atoms with van der Waals surface area (Å²) in [6.45, 7) is 4.89. The Morgan fingerprint density at radius 1 is 1.13 bits per heavy atom. The van der Waals surface area contributed by atoms with Gasteiger partial charge in [-0.2, -0.15) is 0 Å². The lowest BCUT2D eigenvalue weighted by molar-refractivity contribution is -0.124. The number of nitrogens with one attached hydrogen (secondary N) is 2. The molecule has 0 bridgehead atoms. The molecule has 0 radical (unpaired) electrons. The Morgan fingerprint density at radius 3 is 2.51 bits per heavy atom. The van der Waals surface area contributed by atoms with Crippen molar-refractivity contribution in [2.75, 3.05) is 30.7 Å². The summed E-state index contributed by atoms with van der Waals surface area (Å²) in [7, 11) is 0. The van der Waals surface area contributed by atoms with E-state index >= 15 is 0 Å². The Bertz CT molecular complexity index is 1310. The van der Waals surface area contributed by atoms with Crippen LogP contribution in [0.25, 0.3) is 6.08 Å². The first kappa shape index (κ1) is 28.5. The Kier molecular flexibility index (Phi) is 8.90. The van der Waals surface area contributed by atoms with Crippen LogP contribution in [0.15, 0.2) is 77.2 Å². The number of anilines is 2. The van der Waals surface area contributed by atoms with Crippen molar-refractivity contribution in [1.29, 1.82) is 0 Å². The number of hydrogen-bond donors (Lipinski definition) is 4. The highest BCUT2D eigenvalue weighted by molar-refractivity contribution is 6.29. The third-order valence-electron chi connectivity index (χ3n) is 6.81. The average molecular weight is 553 g/mol. The van der Waals surface area contributed by atoms with Gasteiger partial charge in [0.05, 0.1) is 28.6 Å². The quantitative estimate of drug-likeness (QED) is 0.275. The highest BCUT2D eigenvalue weighted by atomic mass is 35.5. The van der Waals surface area contributed by atoms with Crippen molar-refractivity contribution in [3.63, 3.8) is 0 Å². The van der Waals surface area contributed by atoms with Gasteiger partial charge in [-0.1, -0.05) is 48.0 Å². The molecule has 0 spiro atoms. The molecule has 0 saturated carbocycles. The molecule has 2 aromatic carbocycles. The maximum Gasteiger partial charge on any atom is 0.248 e. The number of carbonyl (C=O) groups is 2. The molecule has 206 valence electrons. The van der Waals surface area contributed by atoms with Crippen molar-refractivity contribution in [3.05, 3.63) is 88.4 Å². The molecule has 2 unspecified atom stereocenters. The van der Waals surface area contributed by atoms with E-state index in [-0.39, 0.29) is 23.4 Å². The van der Waals surface area contributed by atoms with Gasteiger partial charge < -0.3 is 21.5 Å². The van der Waals surface area contributed by atoms with E-state index in [1.165, 1.54) is 12.2 Å². The summed E-state index contributed by atoms with van der Waals surface area (Å²) >= 11 is 5.93. The van der Waals surface area contributed by atoms with Crippen LogP contribution in [0.4, 0.5) is 15.8 Å². The number of amides is 2. The van der Waals surface area contributed by atoms with Gasteiger partial charge in [-0.3, -0.25) is 14.5 Å². The lowest BCUT2D eigenvalue weighted by atomic mass is 9.87. The smallest absolute Gasteiger partial charge is 0.248 e. The predicted octanol–water partition coefficient (Wildman–Crippen LogP) is 4.92. The molecule has 5 N–H and O–H groups in total. The van der Waals surface area contributed by atoms with Crippen molar-refractivity contribution in [2.24, 2.45) is 5.92 Å². The molecule has 1 aliphatic carbocycles. The molecule has 2 aliphatic rings. The SMILES string of the molecule is CC(C)(O)CN1CC(C(=O)NC2=C(F)C=C(Cl)CC2)C(c2ccc(/C=C/C(=O)Nc3ccccc3N)cc2)C1. The van der Waals surface area contributed by atoms with E-state index in [9.17, 15) is 19.1 Å². The number of nitrogen functional groups attached to an aromatic ring is 1. The molecule has 9 heteroatoms. The number of halogens is 2. The van der Waals surface area contributed by atoms with Gasteiger partial charge in [0.1, 0.15) is 5.83 Å². The second-order valence-electron chi connectivity index (χ2n) is 10.7. The summed E-state index contributed by atoms with van der Waals surface area (Å²) < 4.78 is 14.4. The van der Waals surface area contributed by atoms with E-state index in [0.717, 1.165) is 11.1 Å². The van der Waals surface area contributed by atoms with Gasteiger partial charge in [-0.25, -0.2) is 4.39 Å². The molecule has 39 heavy (non-hydrogen) atoms. The van der Waals surface area contributed by atoms with Crippen molar-refractivity contribution in [3.8, 4) is 0 Å². The zero-order valence-corrected chi connectivity index (χ0v) is 22.8. The zero-order valence-electron chi connectivity index (χ0n) is 22.1. The highest BCUT2D eigenvalue weighted by Crippen LogP contribution is 2.35. The van der Waals surface area contributed by atoms with Crippen molar-refractivity contribution in [2.45, 2.75) is 38.2 Å². The fraction of sp³-hybridized carbons (Fsp3) is 0.333. The minimum absolute atomic E-state index is 0.152. The van der Waals surface area contributed by atoms with E-state index in [1.54, 1.807) is 44.2 Å². The predicted molar refractivity (Wildman–Crippen MR) is 153 cm³/mol. The van der Waals surface area contributed by atoms with Crippen molar-refractivity contribution in [1.82, 2.24) is 10.2 Å². The largest absolute Gasteiger partial charge is 0.397 e. The number of likely N-dealkylation sites (tertiary alicyclic amines) is 1. The fourth-order valence-electron chi connectivity index (χ4n) is 5.00. The monoisotopic (exact) mass is 552 g/mol. The number of para-hydroxylation sites is 2.